The molecule has 1 N–H and O–H groups in total. The summed E-state index contributed by atoms with van der Waals surface area (Å²) in [5, 5.41) is 14.1. The van der Waals surface area contributed by atoms with E-state index in [1.165, 1.54) is 6.42 Å². The molecular formula is C15H24N2O2S. The topological polar surface area (TPSA) is 55.2 Å². The van der Waals surface area contributed by atoms with Crippen LogP contribution in [0.4, 0.5) is 11.4 Å². The standard InChI is InChI=1S/C15H24N2O2S/c1-4-8-16-14-9-13(6-7-15(14)17(18)19)11-20-10-12(3)5-2/h6-7,9,12,16H,4-5,8,10-11H2,1-3H3. The van der Waals surface area contributed by atoms with E-state index in [9.17, 15) is 10.1 Å². The van der Waals surface area contributed by atoms with Gasteiger partial charge in [0, 0.05) is 18.4 Å². The van der Waals surface area contributed by atoms with Gasteiger partial charge in [-0.2, -0.15) is 11.8 Å². The normalized spacial score (nSPS) is 12.2. The fourth-order valence-corrected chi connectivity index (χ4v) is 2.90. The SMILES string of the molecule is CCCNc1cc(CSCC(C)CC)ccc1[N+](=O)[O-]. The third-order valence-corrected chi connectivity index (χ3v) is 4.53. The van der Waals surface area contributed by atoms with Crippen molar-refractivity contribution in [2.75, 3.05) is 17.6 Å². The number of nitrogens with one attached hydrogen (secondary N) is 1. The zero-order valence-corrected chi connectivity index (χ0v) is 13.3. The molecule has 5 heteroatoms. The summed E-state index contributed by atoms with van der Waals surface area (Å²) >= 11 is 1.89. The van der Waals surface area contributed by atoms with E-state index >= 15 is 0 Å². The molecule has 0 heterocycles. The van der Waals surface area contributed by atoms with Gasteiger partial charge in [-0.25, -0.2) is 0 Å². The summed E-state index contributed by atoms with van der Waals surface area (Å²) in [4.78, 5) is 10.7. The third kappa shape index (κ3) is 5.41. The second kappa shape index (κ2) is 8.84. The number of rotatable bonds is 9. The summed E-state index contributed by atoms with van der Waals surface area (Å²) < 4.78 is 0. The lowest BCUT2D eigenvalue weighted by Gasteiger charge is -2.10. The Morgan fingerprint density at radius 2 is 2.15 bits per heavy atom. The van der Waals surface area contributed by atoms with Crippen molar-refractivity contribution < 1.29 is 4.92 Å². The van der Waals surface area contributed by atoms with Crippen molar-refractivity contribution in [1.29, 1.82) is 0 Å². The van der Waals surface area contributed by atoms with Gasteiger partial charge in [-0.05, 0) is 29.7 Å². The van der Waals surface area contributed by atoms with Gasteiger partial charge in [-0.15, -0.1) is 0 Å². The minimum absolute atomic E-state index is 0.161. The monoisotopic (exact) mass is 296 g/mol. The van der Waals surface area contributed by atoms with E-state index in [-0.39, 0.29) is 10.6 Å². The van der Waals surface area contributed by atoms with Crippen molar-refractivity contribution in [2.24, 2.45) is 5.92 Å². The second-order valence-corrected chi connectivity index (χ2v) is 6.09. The van der Waals surface area contributed by atoms with Crippen LogP contribution in [0.25, 0.3) is 0 Å². The summed E-state index contributed by atoms with van der Waals surface area (Å²) in [5.74, 6) is 2.75. The minimum Gasteiger partial charge on any atom is -0.379 e. The smallest absolute Gasteiger partial charge is 0.292 e. The molecule has 1 atom stereocenters. The number of anilines is 1. The van der Waals surface area contributed by atoms with E-state index in [2.05, 4.69) is 19.2 Å². The van der Waals surface area contributed by atoms with Crippen molar-refractivity contribution in [3.63, 3.8) is 0 Å². The van der Waals surface area contributed by atoms with Gasteiger partial charge in [0.1, 0.15) is 5.69 Å². The van der Waals surface area contributed by atoms with Crippen LogP contribution in [0.15, 0.2) is 18.2 Å². The third-order valence-electron chi connectivity index (χ3n) is 3.19. The van der Waals surface area contributed by atoms with Crippen LogP contribution in [0.3, 0.4) is 0 Å². The molecule has 0 aromatic heterocycles. The summed E-state index contributed by atoms with van der Waals surface area (Å²) in [6, 6.07) is 5.38. The molecule has 1 aromatic rings. The highest BCUT2D eigenvalue weighted by Gasteiger charge is 2.13. The Morgan fingerprint density at radius 3 is 2.75 bits per heavy atom. The molecule has 20 heavy (non-hydrogen) atoms. The van der Waals surface area contributed by atoms with Crippen LogP contribution in [0, 0.1) is 16.0 Å². The van der Waals surface area contributed by atoms with Crippen molar-refractivity contribution in [2.45, 2.75) is 39.4 Å². The molecule has 1 aromatic carbocycles. The Hall–Kier alpha value is -1.23. The number of nitro groups is 1. The predicted molar refractivity (Wildman–Crippen MR) is 87.5 cm³/mol. The van der Waals surface area contributed by atoms with Gasteiger partial charge >= 0.3 is 0 Å². The van der Waals surface area contributed by atoms with E-state index < -0.39 is 0 Å². The molecule has 1 rings (SSSR count). The summed E-state index contributed by atoms with van der Waals surface area (Å²) in [6.45, 7) is 7.25. The number of thioether (sulfide) groups is 1. The Labute approximate surface area is 125 Å². The van der Waals surface area contributed by atoms with Gasteiger partial charge in [-0.3, -0.25) is 10.1 Å². The fourth-order valence-electron chi connectivity index (χ4n) is 1.73. The second-order valence-electron chi connectivity index (χ2n) is 5.06. The first-order valence-corrected chi connectivity index (χ1v) is 8.32. The number of hydrogen-bond donors (Lipinski definition) is 1. The van der Waals surface area contributed by atoms with E-state index in [4.69, 9.17) is 0 Å². The highest BCUT2D eigenvalue weighted by atomic mass is 32.2. The number of benzene rings is 1. The Kier molecular flexibility index (Phi) is 7.44. The largest absolute Gasteiger partial charge is 0.379 e. The maximum Gasteiger partial charge on any atom is 0.292 e. The van der Waals surface area contributed by atoms with Crippen LogP contribution in [-0.2, 0) is 5.75 Å². The maximum atomic E-state index is 11.0. The zero-order valence-electron chi connectivity index (χ0n) is 12.5. The van der Waals surface area contributed by atoms with Crippen molar-refractivity contribution in [3.8, 4) is 0 Å². The van der Waals surface area contributed by atoms with Crippen LogP contribution in [-0.4, -0.2) is 17.2 Å². The van der Waals surface area contributed by atoms with E-state index in [0.717, 1.165) is 36.0 Å². The first-order chi connectivity index (χ1) is 9.58. The molecule has 0 amide bonds. The summed E-state index contributed by atoms with van der Waals surface area (Å²) in [7, 11) is 0. The first kappa shape index (κ1) is 16.8. The molecule has 0 aliphatic heterocycles. The molecule has 1 unspecified atom stereocenters. The van der Waals surface area contributed by atoms with E-state index in [0.29, 0.717) is 5.69 Å². The van der Waals surface area contributed by atoms with Gasteiger partial charge in [0.05, 0.1) is 4.92 Å². The Balaban J connectivity index is 2.70. The number of nitro benzene ring substituents is 1. The zero-order chi connectivity index (χ0) is 15.0. The van der Waals surface area contributed by atoms with Crippen LogP contribution in [0.2, 0.25) is 0 Å². The Morgan fingerprint density at radius 1 is 1.40 bits per heavy atom. The molecule has 0 bridgehead atoms. The average Bonchev–Trinajstić information content (AvgIpc) is 2.44. The van der Waals surface area contributed by atoms with Gasteiger partial charge < -0.3 is 5.32 Å². The molecule has 0 aliphatic carbocycles. The van der Waals surface area contributed by atoms with E-state index in [1.54, 1.807) is 6.07 Å². The number of hydrogen-bond acceptors (Lipinski definition) is 4. The van der Waals surface area contributed by atoms with Crippen LogP contribution < -0.4 is 5.32 Å². The summed E-state index contributed by atoms with van der Waals surface area (Å²) in [6.07, 6.45) is 2.14. The highest BCUT2D eigenvalue weighted by Crippen LogP contribution is 2.27. The molecule has 0 saturated heterocycles. The predicted octanol–water partition coefficient (Wildman–Crippen LogP) is 4.70. The molecule has 0 aliphatic rings. The van der Waals surface area contributed by atoms with Crippen molar-refractivity contribution in [1.82, 2.24) is 0 Å². The molecular weight excluding hydrogens is 272 g/mol. The lowest BCUT2D eigenvalue weighted by atomic mass is 10.2. The molecule has 112 valence electrons. The van der Waals surface area contributed by atoms with Crippen LogP contribution >= 0.6 is 11.8 Å². The minimum atomic E-state index is -0.325. The van der Waals surface area contributed by atoms with Gasteiger partial charge in [0.2, 0.25) is 0 Å². The average molecular weight is 296 g/mol. The molecule has 0 radical (unpaired) electrons. The van der Waals surface area contributed by atoms with Gasteiger partial charge in [0.25, 0.3) is 5.69 Å². The molecule has 0 saturated carbocycles. The molecule has 0 fully saturated rings. The number of nitrogens with zero attached hydrogens (tertiary/aromatic N) is 1. The van der Waals surface area contributed by atoms with Crippen LogP contribution in [0.1, 0.15) is 39.2 Å². The van der Waals surface area contributed by atoms with Gasteiger partial charge in [-0.1, -0.05) is 33.3 Å². The highest BCUT2D eigenvalue weighted by molar-refractivity contribution is 7.98. The lowest BCUT2D eigenvalue weighted by Crippen LogP contribution is -2.04. The summed E-state index contributed by atoms with van der Waals surface area (Å²) in [5.41, 5.74) is 1.94. The quantitative estimate of drug-likeness (QED) is 0.530. The first-order valence-electron chi connectivity index (χ1n) is 7.17. The molecule has 4 nitrogen and oxygen atoms in total. The van der Waals surface area contributed by atoms with Crippen LogP contribution in [0.5, 0.6) is 0 Å². The van der Waals surface area contributed by atoms with E-state index in [1.807, 2.05) is 30.8 Å². The molecule has 0 spiro atoms. The van der Waals surface area contributed by atoms with Gasteiger partial charge in [0.15, 0.2) is 0 Å². The van der Waals surface area contributed by atoms with Crippen molar-refractivity contribution >= 4 is 23.1 Å². The lowest BCUT2D eigenvalue weighted by molar-refractivity contribution is -0.384. The maximum absolute atomic E-state index is 11.0. The fraction of sp³-hybridized carbons (Fsp3) is 0.600. The van der Waals surface area contributed by atoms with Crippen molar-refractivity contribution in [3.05, 3.63) is 33.9 Å². The Bertz CT molecular complexity index is 438.